The standard InChI is InChI=1S/C11H17N3O/c1-2-5-14(10-3-4-10)8-11-6-9(7-12)13-15-11/h2,6,10H,1,3-5,7-8,12H2. The van der Waals surface area contributed by atoms with Crippen molar-refractivity contribution in [2.45, 2.75) is 32.0 Å². The molecule has 0 atom stereocenters. The molecule has 0 bridgehead atoms. The molecule has 1 aliphatic rings. The number of nitrogens with zero attached hydrogens (tertiary/aromatic N) is 2. The van der Waals surface area contributed by atoms with Gasteiger partial charge in [0.2, 0.25) is 0 Å². The number of nitrogens with two attached hydrogens (primary N) is 1. The molecule has 0 aliphatic heterocycles. The van der Waals surface area contributed by atoms with Crippen LogP contribution in [0.5, 0.6) is 0 Å². The van der Waals surface area contributed by atoms with Gasteiger partial charge in [-0.15, -0.1) is 6.58 Å². The molecule has 1 aromatic rings. The van der Waals surface area contributed by atoms with E-state index in [2.05, 4.69) is 16.6 Å². The first-order chi connectivity index (χ1) is 7.33. The van der Waals surface area contributed by atoms with Crippen molar-refractivity contribution in [3.8, 4) is 0 Å². The van der Waals surface area contributed by atoms with Crippen LogP contribution in [0, 0.1) is 0 Å². The first-order valence-electron chi connectivity index (χ1n) is 5.33. The largest absolute Gasteiger partial charge is 0.360 e. The lowest BCUT2D eigenvalue weighted by Gasteiger charge is -2.17. The molecule has 4 heteroatoms. The summed E-state index contributed by atoms with van der Waals surface area (Å²) in [6, 6.07) is 2.63. The van der Waals surface area contributed by atoms with Crippen LogP contribution in [0.1, 0.15) is 24.3 Å². The lowest BCUT2D eigenvalue weighted by molar-refractivity contribution is 0.242. The monoisotopic (exact) mass is 207 g/mol. The molecule has 0 amide bonds. The molecule has 0 aromatic carbocycles. The van der Waals surface area contributed by atoms with Gasteiger partial charge in [0.05, 0.1) is 12.2 Å². The smallest absolute Gasteiger partial charge is 0.151 e. The highest BCUT2D eigenvalue weighted by Gasteiger charge is 2.28. The van der Waals surface area contributed by atoms with E-state index in [-0.39, 0.29) is 0 Å². The number of hydrogen-bond donors (Lipinski definition) is 1. The molecule has 1 aromatic heterocycles. The summed E-state index contributed by atoms with van der Waals surface area (Å²) in [5.41, 5.74) is 6.29. The summed E-state index contributed by atoms with van der Waals surface area (Å²) in [4.78, 5) is 2.35. The molecular weight excluding hydrogens is 190 g/mol. The molecule has 0 radical (unpaired) electrons. The minimum atomic E-state index is 0.439. The zero-order valence-electron chi connectivity index (χ0n) is 8.85. The third-order valence-electron chi connectivity index (χ3n) is 2.60. The van der Waals surface area contributed by atoms with E-state index in [4.69, 9.17) is 10.3 Å². The van der Waals surface area contributed by atoms with Crippen LogP contribution in [0.2, 0.25) is 0 Å². The van der Waals surface area contributed by atoms with Crippen molar-refractivity contribution < 1.29 is 4.52 Å². The quantitative estimate of drug-likeness (QED) is 0.714. The Bertz CT molecular complexity index is 330. The normalized spacial score (nSPS) is 15.9. The minimum absolute atomic E-state index is 0.439. The second-order valence-corrected chi connectivity index (χ2v) is 3.94. The summed E-state index contributed by atoms with van der Waals surface area (Å²) >= 11 is 0. The topological polar surface area (TPSA) is 55.3 Å². The fourth-order valence-corrected chi connectivity index (χ4v) is 1.67. The van der Waals surface area contributed by atoms with Crippen LogP contribution in [-0.4, -0.2) is 22.6 Å². The van der Waals surface area contributed by atoms with Gasteiger partial charge in [-0.25, -0.2) is 0 Å². The number of aromatic nitrogens is 1. The molecule has 0 spiro atoms. The van der Waals surface area contributed by atoms with Crippen molar-refractivity contribution in [1.29, 1.82) is 0 Å². The van der Waals surface area contributed by atoms with E-state index >= 15 is 0 Å². The predicted octanol–water partition coefficient (Wildman–Crippen LogP) is 1.28. The van der Waals surface area contributed by atoms with Crippen LogP contribution >= 0.6 is 0 Å². The predicted molar refractivity (Wildman–Crippen MR) is 58.0 cm³/mol. The molecule has 15 heavy (non-hydrogen) atoms. The Hall–Kier alpha value is -1.13. The summed E-state index contributed by atoms with van der Waals surface area (Å²) < 4.78 is 5.20. The maximum Gasteiger partial charge on any atom is 0.151 e. The van der Waals surface area contributed by atoms with Crippen molar-refractivity contribution in [3.63, 3.8) is 0 Å². The third kappa shape index (κ3) is 2.67. The maximum atomic E-state index is 5.47. The highest BCUT2D eigenvalue weighted by atomic mass is 16.5. The van der Waals surface area contributed by atoms with Crippen LogP contribution in [0.15, 0.2) is 23.2 Å². The van der Waals surface area contributed by atoms with Crippen LogP contribution in [0.3, 0.4) is 0 Å². The molecule has 1 aliphatic carbocycles. The molecule has 82 valence electrons. The first kappa shape index (κ1) is 10.4. The van der Waals surface area contributed by atoms with E-state index in [9.17, 15) is 0 Å². The number of rotatable bonds is 6. The molecule has 0 unspecified atom stereocenters. The highest BCUT2D eigenvalue weighted by molar-refractivity contribution is 5.05. The van der Waals surface area contributed by atoms with Gasteiger partial charge in [-0.3, -0.25) is 4.90 Å². The minimum Gasteiger partial charge on any atom is -0.360 e. The first-order valence-corrected chi connectivity index (χ1v) is 5.33. The van der Waals surface area contributed by atoms with E-state index in [1.807, 2.05) is 12.1 Å². The van der Waals surface area contributed by atoms with E-state index < -0.39 is 0 Å². The molecule has 1 fully saturated rings. The van der Waals surface area contributed by atoms with E-state index in [0.29, 0.717) is 12.6 Å². The Labute approximate surface area is 89.7 Å². The van der Waals surface area contributed by atoms with Crippen molar-refractivity contribution in [2.24, 2.45) is 5.73 Å². The molecule has 2 rings (SSSR count). The van der Waals surface area contributed by atoms with Crippen LogP contribution < -0.4 is 5.73 Å². The third-order valence-corrected chi connectivity index (χ3v) is 2.60. The van der Waals surface area contributed by atoms with E-state index in [0.717, 1.165) is 24.5 Å². The fraction of sp³-hybridized carbons (Fsp3) is 0.545. The van der Waals surface area contributed by atoms with Crippen LogP contribution in [-0.2, 0) is 13.1 Å². The van der Waals surface area contributed by atoms with Crippen LogP contribution in [0.4, 0.5) is 0 Å². The molecule has 2 N–H and O–H groups in total. The second kappa shape index (κ2) is 4.59. The molecule has 4 nitrogen and oxygen atoms in total. The lowest BCUT2D eigenvalue weighted by atomic mass is 10.3. The fourth-order valence-electron chi connectivity index (χ4n) is 1.67. The van der Waals surface area contributed by atoms with Gasteiger partial charge in [0.25, 0.3) is 0 Å². The van der Waals surface area contributed by atoms with Gasteiger partial charge in [-0.2, -0.15) is 0 Å². The Balaban J connectivity index is 1.95. The SMILES string of the molecule is C=CCN(Cc1cc(CN)no1)C1CC1. The Kier molecular flexibility index (Phi) is 3.18. The van der Waals surface area contributed by atoms with E-state index in [1.54, 1.807) is 0 Å². The van der Waals surface area contributed by atoms with Gasteiger partial charge in [0.1, 0.15) is 0 Å². The summed E-state index contributed by atoms with van der Waals surface area (Å²) in [7, 11) is 0. The van der Waals surface area contributed by atoms with Crippen molar-refractivity contribution in [1.82, 2.24) is 10.1 Å². The summed E-state index contributed by atoms with van der Waals surface area (Å²) in [6.45, 7) is 5.92. The van der Waals surface area contributed by atoms with Gasteiger partial charge in [0, 0.05) is 25.2 Å². The molecular formula is C11H17N3O. The zero-order chi connectivity index (χ0) is 10.7. The summed E-state index contributed by atoms with van der Waals surface area (Å²) in [5, 5.41) is 3.88. The van der Waals surface area contributed by atoms with Gasteiger partial charge in [-0.1, -0.05) is 11.2 Å². The lowest BCUT2D eigenvalue weighted by Crippen LogP contribution is -2.25. The Morgan fingerprint density at radius 2 is 2.47 bits per heavy atom. The molecule has 1 saturated carbocycles. The average Bonchev–Trinajstić information content (AvgIpc) is 2.99. The zero-order valence-corrected chi connectivity index (χ0v) is 8.85. The summed E-state index contributed by atoms with van der Waals surface area (Å²) in [6.07, 6.45) is 4.50. The van der Waals surface area contributed by atoms with Crippen molar-refractivity contribution in [3.05, 3.63) is 30.2 Å². The molecule has 1 heterocycles. The van der Waals surface area contributed by atoms with Gasteiger partial charge < -0.3 is 10.3 Å². The van der Waals surface area contributed by atoms with Crippen molar-refractivity contribution >= 4 is 0 Å². The maximum absolute atomic E-state index is 5.47. The van der Waals surface area contributed by atoms with Gasteiger partial charge in [0.15, 0.2) is 5.76 Å². The van der Waals surface area contributed by atoms with Gasteiger partial charge in [-0.05, 0) is 12.8 Å². The van der Waals surface area contributed by atoms with Crippen LogP contribution in [0.25, 0.3) is 0 Å². The highest BCUT2D eigenvalue weighted by Crippen LogP contribution is 2.28. The molecule has 0 saturated heterocycles. The van der Waals surface area contributed by atoms with Gasteiger partial charge >= 0.3 is 0 Å². The van der Waals surface area contributed by atoms with E-state index in [1.165, 1.54) is 12.8 Å². The number of hydrogen-bond acceptors (Lipinski definition) is 4. The second-order valence-electron chi connectivity index (χ2n) is 3.94. The van der Waals surface area contributed by atoms with Crippen molar-refractivity contribution in [2.75, 3.05) is 6.54 Å². The Morgan fingerprint density at radius 1 is 1.67 bits per heavy atom. The Morgan fingerprint density at radius 3 is 3.00 bits per heavy atom. The summed E-state index contributed by atoms with van der Waals surface area (Å²) in [5.74, 6) is 0.893. The average molecular weight is 207 g/mol.